The van der Waals surface area contributed by atoms with Gasteiger partial charge in [0.05, 0.1) is 0 Å². The molecule has 0 nitrogen and oxygen atoms in total. The Hall–Kier alpha value is -2.43. The largest absolute Gasteiger partial charge is 0.422 e. The van der Waals surface area contributed by atoms with Gasteiger partial charge in [-0.25, -0.2) is 8.78 Å². The first kappa shape index (κ1) is 23.2. The van der Waals surface area contributed by atoms with Gasteiger partial charge in [-0.05, 0) is 53.8 Å². The molecule has 0 bridgehead atoms. The highest BCUT2D eigenvalue weighted by Crippen LogP contribution is 2.37. The molecule has 0 fully saturated rings. The second kappa shape index (κ2) is 10.3. The van der Waals surface area contributed by atoms with Gasteiger partial charge in [0, 0.05) is 5.39 Å². The van der Waals surface area contributed by atoms with Crippen LogP contribution in [0.3, 0.4) is 0 Å². The Morgan fingerprint density at radius 2 is 1.26 bits per heavy atom. The second-order valence-electron chi connectivity index (χ2n) is 8.08. The molecule has 0 spiro atoms. The first-order chi connectivity index (χ1) is 14.8. The predicted molar refractivity (Wildman–Crippen MR) is 115 cm³/mol. The Morgan fingerprint density at radius 1 is 0.677 bits per heavy atom. The Balaban J connectivity index is 1.63. The molecule has 3 rings (SSSR count). The molecule has 0 heterocycles. The maximum Gasteiger partial charge on any atom is 0.422 e. The molecule has 3 aromatic carbocycles. The molecule has 0 saturated heterocycles. The molecule has 0 N–H and O–H groups in total. The summed E-state index contributed by atoms with van der Waals surface area (Å²) in [4.78, 5) is 0. The second-order valence-corrected chi connectivity index (χ2v) is 8.08. The van der Waals surface area contributed by atoms with Gasteiger partial charge >= 0.3 is 6.18 Å². The third kappa shape index (κ3) is 6.05. The normalized spacial score (nSPS) is 11.9. The lowest BCUT2D eigenvalue weighted by Gasteiger charge is -2.12. The molecule has 0 atom stereocenters. The highest BCUT2D eigenvalue weighted by molar-refractivity contribution is 5.85. The van der Waals surface area contributed by atoms with Crippen LogP contribution in [-0.4, -0.2) is 0 Å². The van der Waals surface area contributed by atoms with Gasteiger partial charge in [0.15, 0.2) is 0 Å². The minimum atomic E-state index is -5.07. The number of benzene rings is 3. The lowest BCUT2D eigenvalue weighted by molar-refractivity contribution is -0.142. The number of unbranched alkanes of at least 4 members (excludes halogenated alkanes) is 4. The Morgan fingerprint density at radius 3 is 1.90 bits per heavy atom. The van der Waals surface area contributed by atoms with Crippen LogP contribution >= 0.6 is 0 Å². The molecule has 166 valence electrons. The molecule has 0 saturated carbocycles. The fourth-order valence-electron chi connectivity index (χ4n) is 3.89. The van der Waals surface area contributed by atoms with E-state index in [4.69, 9.17) is 0 Å². The molecule has 5 heteroatoms. The zero-order chi connectivity index (χ0) is 22.4. The Labute approximate surface area is 180 Å². The van der Waals surface area contributed by atoms with Crippen molar-refractivity contribution in [2.45, 2.75) is 64.5 Å². The van der Waals surface area contributed by atoms with Crippen LogP contribution in [0.1, 0.15) is 61.3 Å². The fourth-order valence-corrected chi connectivity index (χ4v) is 3.89. The molecule has 0 unspecified atom stereocenters. The molecule has 0 aromatic heterocycles. The van der Waals surface area contributed by atoms with E-state index in [1.807, 2.05) is 0 Å². The van der Waals surface area contributed by atoms with E-state index in [1.165, 1.54) is 43.7 Å². The number of fused-ring (bicyclic) bond motifs is 1. The SMILES string of the molecule is CCCCCCCc1ccc(CCc2ccc3c(F)c(C(F)(F)F)c(F)cc3c2)cc1. The van der Waals surface area contributed by atoms with E-state index in [9.17, 15) is 22.0 Å². The summed E-state index contributed by atoms with van der Waals surface area (Å²) in [6, 6.07) is 13.7. The maximum atomic E-state index is 14.2. The summed E-state index contributed by atoms with van der Waals surface area (Å²) in [7, 11) is 0. The first-order valence-corrected chi connectivity index (χ1v) is 10.8. The maximum absolute atomic E-state index is 14.2. The highest BCUT2D eigenvalue weighted by atomic mass is 19.4. The molecule has 0 amide bonds. The van der Waals surface area contributed by atoms with Crippen LogP contribution in [0, 0.1) is 11.6 Å². The van der Waals surface area contributed by atoms with E-state index in [-0.39, 0.29) is 10.8 Å². The van der Waals surface area contributed by atoms with Gasteiger partial charge in [0.2, 0.25) is 0 Å². The van der Waals surface area contributed by atoms with Crippen LogP contribution in [0.25, 0.3) is 10.8 Å². The molecule has 0 radical (unpaired) electrons. The highest BCUT2D eigenvalue weighted by Gasteiger charge is 2.38. The first-order valence-electron chi connectivity index (χ1n) is 10.8. The van der Waals surface area contributed by atoms with Gasteiger partial charge in [-0.15, -0.1) is 0 Å². The van der Waals surface area contributed by atoms with Crippen molar-refractivity contribution in [3.8, 4) is 0 Å². The molecule has 0 aliphatic carbocycles. The molecule has 0 aliphatic heterocycles. The average molecular weight is 434 g/mol. The number of halogens is 5. The molecule has 3 aromatic rings. The van der Waals surface area contributed by atoms with E-state index >= 15 is 0 Å². The van der Waals surface area contributed by atoms with Crippen molar-refractivity contribution in [3.05, 3.63) is 82.4 Å². The Kier molecular flexibility index (Phi) is 7.69. The van der Waals surface area contributed by atoms with E-state index in [0.717, 1.165) is 30.0 Å². The van der Waals surface area contributed by atoms with Gasteiger partial charge < -0.3 is 0 Å². The summed E-state index contributed by atoms with van der Waals surface area (Å²) >= 11 is 0. The quantitative estimate of drug-likeness (QED) is 0.234. The van der Waals surface area contributed by atoms with Crippen LogP contribution in [0.2, 0.25) is 0 Å². The van der Waals surface area contributed by atoms with Crippen molar-refractivity contribution in [1.29, 1.82) is 0 Å². The van der Waals surface area contributed by atoms with Gasteiger partial charge in [0.1, 0.15) is 17.2 Å². The number of rotatable bonds is 9. The van der Waals surface area contributed by atoms with Crippen molar-refractivity contribution in [2.75, 3.05) is 0 Å². The third-order valence-electron chi connectivity index (χ3n) is 5.67. The molecule has 0 aliphatic rings. The summed E-state index contributed by atoms with van der Waals surface area (Å²) < 4.78 is 66.8. The smallest absolute Gasteiger partial charge is 0.206 e. The summed E-state index contributed by atoms with van der Waals surface area (Å²) in [6.07, 6.45) is 3.65. The molecule has 31 heavy (non-hydrogen) atoms. The number of alkyl halides is 3. The van der Waals surface area contributed by atoms with E-state index in [0.29, 0.717) is 6.42 Å². The number of aryl methyl sites for hydroxylation is 3. The predicted octanol–water partition coefficient (Wildman–Crippen LogP) is 8.43. The summed E-state index contributed by atoms with van der Waals surface area (Å²) in [5, 5.41) is -0.0836. The minimum absolute atomic E-state index is 0.138. The Bertz CT molecular complexity index is 1000. The topological polar surface area (TPSA) is 0 Å². The number of hydrogen-bond acceptors (Lipinski definition) is 0. The van der Waals surface area contributed by atoms with Crippen molar-refractivity contribution >= 4 is 10.8 Å². The van der Waals surface area contributed by atoms with E-state index in [1.54, 1.807) is 12.1 Å². The fraction of sp³-hybridized carbons (Fsp3) is 0.385. The van der Waals surface area contributed by atoms with Crippen LogP contribution in [0.4, 0.5) is 22.0 Å². The van der Waals surface area contributed by atoms with Gasteiger partial charge in [0.25, 0.3) is 0 Å². The van der Waals surface area contributed by atoms with E-state index < -0.39 is 23.4 Å². The standard InChI is InChI=1S/C26H27F5/c1-2-3-4-5-6-7-18-8-10-19(11-9-18)12-13-20-14-15-22-21(16-20)17-23(27)24(25(22)28)26(29,30)31/h8-11,14-17H,2-7,12-13H2,1H3. The monoisotopic (exact) mass is 434 g/mol. The summed E-state index contributed by atoms with van der Waals surface area (Å²) in [6.45, 7) is 2.21. The average Bonchev–Trinajstić information content (AvgIpc) is 2.71. The van der Waals surface area contributed by atoms with Gasteiger partial charge in [-0.3, -0.25) is 0 Å². The van der Waals surface area contributed by atoms with Crippen molar-refractivity contribution < 1.29 is 22.0 Å². The van der Waals surface area contributed by atoms with Gasteiger partial charge in [-0.1, -0.05) is 75.1 Å². The van der Waals surface area contributed by atoms with Crippen LogP contribution in [0.5, 0.6) is 0 Å². The lowest BCUT2D eigenvalue weighted by Crippen LogP contribution is -2.11. The lowest BCUT2D eigenvalue weighted by atomic mass is 9.98. The van der Waals surface area contributed by atoms with Crippen molar-refractivity contribution in [3.63, 3.8) is 0 Å². The van der Waals surface area contributed by atoms with Gasteiger partial charge in [-0.2, -0.15) is 13.2 Å². The summed E-state index contributed by atoms with van der Waals surface area (Å²) in [5.41, 5.74) is 1.46. The minimum Gasteiger partial charge on any atom is -0.206 e. The zero-order valence-corrected chi connectivity index (χ0v) is 17.7. The zero-order valence-electron chi connectivity index (χ0n) is 17.7. The van der Waals surface area contributed by atoms with Crippen LogP contribution in [-0.2, 0) is 25.4 Å². The molecular formula is C26H27F5. The molecular weight excluding hydrogens is 407 g/mol. The van der Waals surface area contributed by atoms with E-state index in [2.05, 4.69) is 31.2 Å². The number of hydrogen-bond donors (Lipinski definition) is 0. The third-order valence-corrected chi connectivity index (χ3v) is 5.67. The van der Waals surface area contributed by atoms with Crippen molar-refractivity contribution in [1.82, 2.24) is 0 Å². The van der Waals surface area contributed by atoms with Crippen LogP contribution < -0.4 is 0 Å². The summed E-state index contributed by atoms with van der Waals surface area (Å²) in [5.74, 6) is -3.14. The van der Waals surface area contributed by atoms with Crippen LogP contribution in [0.15, 0.2) is 48.5 Å². The van der Waals surface area contributed by atoms with Crippen molar-refractivity contribution in [2.24, 2.45) is 0 Å².